The number of carboxylic acid groups (broad SMARTS) is 2. The Morgan fingerprint density at radius 3 is 2.15 bits per heavy atom. The predicted octanol–water partition coefficient (Wildman–Crippen LogP) is -1.32. The Morgan fingerprint density at radius 2 is 1.54 bits per heavy atom. The first-order valence-corrected chi connectivity index (χ1v) is 13.3. The number of primary amides is 1. The molecule has 1 aromatic heterocycles. The minimum Gasteiger partial charge on any atom is -0.481 e. The molecule has 0 aliphatic heterocycles. The zero-order valence-corrected chi connectivity index (χ0v) is 22.0. The van der Waals surface area contributed by atoms with Crippen LogP contribution in [0.5, 0.6) is 0 Å². The monoisotopic (exact) mass is 564 g/mol. The number of rotatable bonds is 16. The molecular weight excluding hydrogens is 532 g/mol. The maximum absolute atomic E-state index is 13.2. The molecule has 1 heterocycles. The summed E-state index contributed by atoms with van der Waals surface area (Å²) >= 11 is 1.40. The van der Waals surface area contributed by atoms with E-state index < -0.39 is 72.6 Å². The van der Waals surface area contributed by atoms with Gasteiger partial charge in [0.1, 0.15) is 18.1 Å². The van der Waals surface area contributed by atoms with Crippen molar-refractivity contribution >= 4 is 58.2 Å². The molecule has 0 saturated carbocycles. The molecule has 2 rings (SSSR count). The number of nitrogens with one attached hydrogen (secondary N) is 4. The largest absolute Gasteiger partial charge is 0.481 e. The first kappa shape index (κ1) is 31.1. The number of hydrogen-bond donors (Lipinski definition) is 8. The number of aromatic amines is 1. The molecular formula is C24H32N6O8S. The highest BCUT2D eigenvalue weighted by Crippen LogP contribution is 2.19. The summed E-state index contributed by atoms with van der Waals surface area (Å²) in [7, 11) is 0. The Morgan fingerprint density at radius 1 is 0.923 bits per heavy atom. The molecule has 0 fully saturated rings. The van der Waals surface area contributed by atoms with Crippen LogP contribution >= 0.6 is 11.8 Å². The molecule has 0 aliphatic carbocycles. The highest BCUT2D eigenvalue weighted by molar-refractivity contribution is 7.98. The molecule has 2 aromatic rings. The van der Waals surface area contributed by atoms with Gasteiger partial charge < -0.3 is 42.6 Å². The molecule has 0 spiro atoms. The van der Waals surface area contributed by atoms with Gasteiger partial charge in [-0.05, 0) is 30.1 Å². The number of para-hydroxylation sites is 1. The Balaban J connectivity index is 2.32. The van der Waals surface area contributed by atoms with Crippen molar-refractivity contribution in [3.05, 3.63) is 36.0 Å². The van der Waals surface area contributed by atoms with Gasteiger partial charge in [0.2, 0.25) is 23.6 Å². The number of H-pyrrole nitrogens is 1. The number of nitrogens with two attached hydrogens (primary N) is 2. The summed E-state index contributed by atoms with van der Waals surface area (Å²) in [5.74, 6) is -5.88. The van der Waals surface area contributed by atoms with Crippen LogP contribution < -0.4 is 27.4 Å². The Hall–Kier alpha value is -4.11. The SMILES string of the molecule is CSCCC(NC(=O)C(Cc1c[nH]c2ccccc12)NC(=O)C(CC(N)=O)NC(=O)C(N)CC(=O)O)C(=O)O. The molecule has 4 atom stereocenters. The zero-order chi connectivity index (χ0) is 29.1. The number of aromatic nitrogens is 1. The molecule has 212 valence electrons. The summed E-state index contributed by atoms with van der Waals surface area (Å²) in [6.07, 6.45) is 2.12. The van der Waals surface area contributed by atoms with Crippen molar-refractivity contribution in [2.75, 3.05) is 12.0 Å². The number of hydrogen-bond acceptors (Lipinski definition) is 8. The van der Waals surface area contributed by atoms with Crippen LogP contribution in [0.25, 0.3) is 10.9 Å². The average molecular weight is 565 g/mol. The van der Waals surface area contributed by atoms with Crippen molar-refractivity contribution in [3.8, 4) is 0 Å². The lowest BCUT2D eigenvalue weighted by Crippen LogP contribution is -2.58. The van der Waals surface area contributed by atoms with Gasteiger partial charge in [0.15, 0.2) is 0 Å². The smallest absolute Gasteiger partial charge is 0.326 e. The van der Waals surface area contributed by atoms with Crippen LogP contribution in [0.3, 0.4) is 0 Å². The second kappa shape index (κ2) is 14.7. The summed E-state index contributed by atoms with van der Waals surface area (Å²) in [6, 6.07) is 1.60. The lowest BCUT2D eigenvalue weighted by Gasteiger charge is -2.24. The summed E-state index contributed by atoms with van der Waals surface area (Å²) in [6.45, 7) is 0. The summed E-state index contributed by atoms with van der Waals surface area (Å²) in [4.78, 5) is 76.0. The number of amides is 4. The molecule has 0 radical (unpaired) electrons. The molecule has 0 saturated heterocycles. The van der Waals surface area contributed by atoms with E-state index in [9.17, 15) is 33.9 Å². The average Bonchev–Trinajstić information content (AvgIpc) is 3.27. The zero-order valence-electron chi connectivity index (χ0n) is 21.1. The highest BCUT2D eigenvalue weighted by Gasteiger charge is 2.32. The Bertz CT molecular complexity index is 1220. The van der Waals surface area contributed by atoms with Gasteiger partial charge in [-0.25, -0.2) is 4.79 Å². The minimum absolute atomic E-state index is 0.0633. The third-order valence-corrected chi connectivity index (χ3v) is 6.37. The van der Waals surface area contributed by atoms with Gasteiger partial charge in [-0.3, -0.25) is 24.0 Å². The quantitative estimate of drug-likeness (QED) is 0.119. The third kappa shape index (κ3) is 9.61. The van der Waals surface area contributed by atoms with E-state index in [0.29, 0.717) is 11.3 Å². The van der Waals surface area contributed by atoms with Gasteiger partial charge in [0.25, 0.3) is 0 Å². The number of benzene rings is 1. The number of fused-ring (bicyclic) bond motifs is 1. The van der Waals surface area contributed by atoms with E-state index in [4.69, 9.17) is 16.6 Å². The molecule has 4 unspecified atom stereocenters. The van der Waals surface area contributed by atoms with Crippen LogP contribution in [0.15, 0.2) is 30.5 Å². The first-order chi connectivity index (χ1) is 18.4. The van der Waals surface area contributed by atoms with Gasteiger partial charge in [-0.2, -0.15) is 11.8 Å². The van der Waals surface area contributed by atoms with E-state index in [2.05, 4.69) is 20.9 Å². The number of thioether (sulfide) groups is 1. The molecule has 15 heteroatoms. The molecule has 10 N–H and O–H groups in total. The second-order valence-corrected chi connectivity index (χ2v) is 9.73. The fraction of sp³-hybridized carbons (Fsp3) is 0.417. The standard InChI is InChI=1S/C24H32N6O8S/c1-39-7-6-16(24(37)38)28-22(35)17(8-12-11-27-15-5-3-2-4-13(12)15)30-23(36)18(10-19(26)31)29-21(34)14(25)9-20(32)33/h2-5,11,14,16-18,27H,6-10,25H2,1H3,(H2,26,31)(H,28,35)(H,29,34)(H,30,36)(H,32,33)(H,37,38). The lowest BCUT2D eigenvalue weighted by atomic mass is 10.0. The first-order valence-electron chi connectivity index (χ1n) is 11.9. The van der Waals surface area contributed by atoms with Crippen molar-refractivity contribution in [1.29, 1.82) is 0 Å². The fourth-order valence-corrected chi connectivity index (χ4v) is 4.21. The fourth-order valence-electron chi connectivity index (χ4n) is 3.74. The minimum atomic E-state index is -1.57. The second-order valence-electron chi connectivity index (χ2n) is 8.74. The van der Waals surface area contributed by atoms with Crippen molar-refractivity contribution in [2.45, 2.75) is 49.9 Å². The number of carbonyl (C=O) groups is 6. The molecule has 1 aromatic carbocycles. The van der Waals surface area contributed by atoms with Crippen LogP contribution in [0.4, 0.5) is 0 Å². The number of carbonyl (C=O) groups excluding carboxylic acids is 4. The molecule has 0 bridgehead atoms. The maximum atomic E-state index is 13.2. The molecule has 4 amide bonds. The number of aliphatic carboxylic acids is 2. The molecule has 0 aliphatic rings. The van der Waals surface area contributed by atoms with E-state index in [0.717, 1.165) is 10.9 Å². The summed E-state index contributed by atoms with van der Waals surface area (Å²) in [5.41, 5.74) is 12.2. The van der Waals surface area contributed by atoms with Gasteiger partial charge in [0.05, 0.1) is 18.9 Å². The van der Waals surface area contributed by atoms with Crippen LogP contribution in [0.2, 0.25) is 0 Å². The van der Waals surface area contributed by atoms with E-state index >= 15 is 0 Å². The highest BCUT2D eigenvalue weighted by atomic mass is 32.2. The van der Waals surface area contributed by atoms with E-state index in [-0.39, 0.29) is 12.8 Å². The van der Waals surface area contributed by atoms with E-state index in [1.165, 1.54) is 11.8 Å². The number of carboxylic acids is 2. The van der Waals surface area contributed by atoms with Crippen molar-refractivity contribution < 1.29 is 39.0 Å². The topological polar surface area (TPSA) is 247 Å². The van der Waals surface area contributed by atoms with Crippen molar-refractivity contribution in [1.82, 2.24) is 20.9 Å². The Labute approximate surface area is 227 Å². The van der Waals surface area contributed by atoms with Crippen molar-refractivity contribution in [2.24, 2.45) is 11.5 Å². The van der Waals surface area contributed by atoms with Gasteiger partial charge in [-0.1, -0.05) is 18.2 Å². The van der Waals surface area contributed by atoms with Crippen molar-refractivity contribution in [3.63, 3.8) is 0 Å². The summed E-state index contributed by atoms with van der Waals surface area (Å²) < 4.78 is 0. The normalized spacial score (nSPS) is 14.0. The maximum Gasteiger partial charge on any atom is 0.326 e. The van der Waals surface area contributed by atoms with Crippen LogP contribution in [-0.4, -0.2) is 86.9 Å². The van der Waals surface area contributed by atoms with Gasteiger partial charge in [0, 0.05) is 23.5 Å². The lowest BCUT2D eigenvalue weighted by molar-refractivity contribution is -0.142. The van der Waals surface area contributed by atoms with Crippen LogP contribution in [-0.2, 0) is 35.2 Å². The van der Waals surface area contributed by atoms with E-state index in [1.54, 1.807) is 24.6 Å². The van der Waals surface area contributed by atoms with E-state index in [1.807, 2.05) is 12.1 Å². The van der Waals surface area contributed by atoms with Crippen LogP contribution in [0, 0.1) is 0 Å². The molecule has 39 heavy (non-hydrogen) atoms. The van der Waals surface area contributed by atoms with Gasteiger partial charge in [-0.15, -0.1) is 0 Å². The summed E-state index contributed by atoms with van der Waals surface area (Å²) in [5, 5.41) is 26.3. The van der Waals surface area contributed by atoms with Gasteiger partial charge >= 0.3 is 11.9 Å². The van der Waals surface area contributed by atoms with Crippen LogP contribution in [0.1, 0.15) is 24.8 Å². The predicted molar refractivity (Wildman–Crippen MR) is 142 cm³/mol. The molecule has 14 nitrogen and oxygen atoms in total. The third-order valence-electron chi connectivity index (χ3n) is 5.73. The Kier molecular flexibility index (Phi) is 11.7.